The fraction of sp³-hybridized carbons (Fsp3) is 0.500. The summed E-state index contributed by atoms with van der Waals surface area (Å²) >= 11 is 0. The molecule has 0 aromatic heterocycles. The van der Waals surface area contributed by atoms with Gasteiger partial charge in [-0.15, -0.1) is 0 Å². The Balaban J connectivity index is 2.23. The predicted molar refractivity (Wildman–Crippen MR) is 90.2 cm³/mol. The lowest BCUT2D eigenvalue weighted by molar-refractivity contribution is 0.547. The summed E-state index contributed by atoms with van der Waals surface area (Å²) in [4.78, 5) is 4.38. The lowest BCUT2D eigenvalue weighted by atomic mass is 9.91. The molecule has 1 aromatic carbocycles. The Bertz CT molecular complexity index is 589. The molecule has 1 aromatic rings. The summed E-state index contributed by atoms with van der Waals surface area (Å²) in [7, 11) is 0. The van der Waals surface area contributed by atoms with E-state index in [4.69, 9.17) is 0 Å². The van der Waals surface area contributed by atoms with Gasteiger partial charge in [0.15, 0.2) is 5.69 Å². The Kier molecular flexibility index (Phi) is 3.30. The van der Waals surface area contributed by atoms with Gasteiger partial charge in [0, 0.05) is 17.5 Å². The smallest absolute Gasteiger partial charge is 0.255 e. The van der Waals surface area contributed by atoms with Crippen LogP contribution in [0, 0.1) is 0 Å². The van der Waals surface area contributed by atoms with E-state index in [0.29, 0.717) is 11.8 Å². The highest BCUT2D eigenvalue weighted by Crippen LogP contribution is 2.51. The van der Waals surface area contributed by atoms with Gasteiger partial charge < -0.3 is 0 Å². The average molecular weight is 284 g/mol. The van der Waals surface area contributed by atoms with Crippen molar-refractivity contribution in [2.75, 3.05) is 0 Å². The van der Waals surface area contributed by atoms with Crippen molar-refractivity contribution in [3.8, 4) is 0 Å². The van der Waals surface area contributed by atoms with Crippen molar-refractivity contribution in [1.29, 1.82) is 0 Å². The van der Waals surface area contributed by atoms with Gasteiger partial charge in [-0.1, -0.05) is 58.2 Å². The van der Waals surface area contributed by atoms with Crippen LogP contribution in [0.3, 0.4) is 0 Å². The van der Waals surface area contributed by atoms with Crippen LogP contribution in [-0.2, 0) is 0 Å². The molecule has 0 bridgehead atoms. The van der Waals surface area contributed by atoms with E-state index < -0.39 is 0 Å². The molecular weight excluding hydrogens is 258 g/mol. The first-order chi connectivity index (χ1) is 9.97. The summed E-state index contributed by atoms with van der Waals surface area (Å²) in [5.41, 5.74) is 7.95. The minimum absolute atomic E-state index is 0.0522. The second kappa shape index (κ2) is 4.79. The molecule has 0 radical (unpaired) electrons. The lowest BCUT2D eigenvalue weighted by Crippen LogP contribution is -2.36. The number of fused-ring (bicyclic) bond motifs is 1. The van der Waals surface area contributed by atoms with E-state index in [9.17, 15) is 0 Å². The maximum Gasteiger partial charge on any atom is 0.258 e. The van der Waals surface area contributed by atoms with Crippen molar-refractivity contribution in [2.24, 2.45) is 4.99 Å². The monoisotopic (exact) mass is 284 g/mol. The van der Waals surface area contributed by atoms with Crippen molar-refractivity contribution in [1.82, 2.24) is 10.0 Å². The topological polar surface area (TPSA) is 34.3 Å². The number of para-hydroxylation sites is 1. The summed E-state index contributed by atoms with van der Waals surface area (Å²) in [6, 6.07) is 6.75. The molecular formula is C18H26N3+. The van der Waals surface area contributed by atoms with E-state index in [0.717, 1.165) is 11.0 Å². The molecule has 1 fully saturated rings. The van der Waals surface area contributed by atoms with Gasteiger partial charge in [-0.05, 0) is 11.8 Å². The number of hydrogen-bond donors (Lipinski definition) is 1. The van der Waals surface area contributed by atoms with Gasteiger partial charge in [-0.2, -0.15) is 4.59 Å². The van der Waals surface area contributed by atoms with Gasteiger partial charge in [-0.25, -0.2) is 0 Å². The predicted octanol–water partition coefficient (Wildman–Crippen LogP) is 4.42. The van der Waals surface area contributed by atoms with E-state index in [-0.39, 0.29) is 5.66 Å². The molecule has 112 valence electrons. The summed E-state index contributed by atoms with van der Waals surface area (Å²) in [5, 5.41) is 0. The van der Waals surface area contributed by atoms with Crippen molar-refractivity contribution >= 4 is 11.9 Å². The first-order valence-corrected chi connectivity index (χ1v) is 8.01. The summed E-state index contributed by atoms with van der Waals surface area (Å²) < 4.78 is 0.731. The van der Waals surface area contributed by atoms with E-state index in [2.05, 4.69) is 75.7 Å². The van der Waals surface area contributed by atoms with Crippen LogP contribution in [0.15, 0.2) is 35.6 Å². The molecule has 2 heterocycles. The number of rotatable bonds is 4. The van der Waals surface area contributed by atoms with Gasteiger partial charge in [0.05, 0.1) is 12.4 Å². The molecule has 3 rings (SSSR count). The van der Waals surface area contributed by atoms with Crippen molar-refractivity contribution in [3.05, 3.63) is 41.7 Å². The molecule has 2 unspecified atom stereocenters. The minimum atomic E-state index is -0.0522. The summed E-state index contributed by atoms with van der Waals surface area (Å²) in [6.07, 6.45) is 7.24. The number of benzene rings is 1. The zero-order chi connectivity index (χ0) is 15.3. The molecule has 0 spiro atoms. The molecule has 2 aliphatic rings. The SMILES string of the molecule is CCC12C=NC=C[N+]1(c1c(C(C)C)cccc1C(C)C)N2. The van der Waals surface area contributed by atoms with Crippen LogP contribution in [0.5, 0.6) is 0 Å². The largest absolute Gasteiger partial charge is 0.258 e. The molecule has 0 amide bonds. The Morgan fingerprint density at radius 1 is 1.14 bits per heavy atom. The highest BCUT2D eigenvalue weighted by Gasteiger charge is 2.71. The molecule has 0 aliphatic carbocycles. The quantitative estimate of drug-likeness (QED) is 0.644. The zero-order valence-corrected chi connectivity index (χ0v) is 13.7. The van der Waals surface area contributed by atoms with Crippen LogP contribution in [0.2, 0.25) is 0 Å². The second-order valence-corrected chi connectivity index (χ2v) is 6.78. The first-order valence-electron chi connectivity index (χ1n) is 8.01. The molecule has 1 saturated heterocycles. The molecule has 3 heteroatoms. The highest BCUT2D eigenvalue weighted by atomic mass is 15.9. The van der Waals surface area contributed by atoms with Crippen LogP contribution in [0.1, 0.15) is 64.0 Å². The molecule has 2 atom stereocenters. The van der Waals surface area contributed by atoms with Crippen molar-refractivity contribution in [3.63, 3.8) is 0 Å². The highest BCUT2D eigenvalue weighted by molar-refractivity contribution is 5.83. The number of nitrogens with zero attached hydrogens (tertiary/aromatic N) is 2. The second-order valence-electron chi connectivity index (χ2n) is 6.78. The van der Waals surface area contributed by atoms with Crippen molar-refractivity contribution in [2.45, 2.75) is 58.5 Å². The lowest BCUT2D eigenvalue weighted by Gasteiger charge is -2.25. The van der Waals surface area contributed by atoms with E-state index in [1.165, 1.54) is 16.8 Å². The summed E-state index contributed by atoms with van der Waals surface area (Å²) in [5.74, 6) is 1.02. The van der Waals surface area contributed by atoms with Crippen LogP contribution >= 0.6 is 0 Å². The Morgan fingerprint density at radius 2 is 1.76 bits per heavy atom. The molecule has 21 heavy (non-hydrogen) atoms. The Morgan fingerprint density at radius 3 is 2.29 bits per heavy atom. The molecule has 0 saturated carbocycles. The number of nitrogens with one attached hydrogen (secondary N) is 1. The van der Waals surface area contributed by atoms with E-state index >= 15 is 0 Å². The maximum absolute atomic E-state index is 4.38. The third-order valence-corrected chi connectivity index (χ3v) is 4.85. The van der Waals surface area contributed by atoms with Gasteiger partial charge in [0.25, 0.3) is 5.66 Å². The fourth-order valence-corrected chi connectivity index (χ4v) is 3.54. The van der Waals surface area contributed by atoms with E-state index in [1.54, 1.807) is 0 Å². The molecule has 2 aliphatic heterocycles. The van der Waals surface area contributed by atoms with Gasteiger partial charge in [0.1, 0.15) is 6.20 Å². The fourth-order valence-electron chi connectivity index (χ4n) is 3.54. The van der Waals surface area contributed by atoms with Gasteiger partial charge in [-0.3, -0.25) is 4.99 Å². The molecule has 1 N–H and O–H groups in total. The number of aliphatic imine (C=N–C) groups is 1. The normalized spacial score (nSPS) is 30.0. The van der Waals surface area contributed by atoms with Crippen molar-refractivity contribution < 1.29 is 0 Å². The Labute approximate surface area is 127 Å². The van der Waals surface area contributed by atoms with Gasteiger partial charge in [0.2, 0.25) is 0 Å². The van der Waals surface area contributed by atoms with Crippen LogP contribution in [-0.4, -0.2) is 11.9 Å². The first kappa shape index (κ1) is 14.5. The third kappa shape index (κ3) is 1.91. The standard InChI is InChI=1S/C18H26N3/c1-6-18-12-19-10-11-21(18,20-18)17-15(13(2)3)8-7-9-16(17)14(4)5/h7-14,20H,6H2,1-5H3/q+1. The number of quaternary nitrogens is 1. The minimum Gasteiger partial charge on any atom is -0.255 e. The number of hydrogen-bond acceptors (Lipinski definition) is 2. The van der Waals surface area contributed by atoms with Gasteiger partial charge >= 0.3 is 0 Å². The Hall–Kier alpha value is -1.45. The van der Waals surface area contributed by atoms with E-state index in [1.807, 2.05) is 6.20 Å². The maximum atomic E-state index is 4.38. The summed E-state index contributed by atoms with van der Waals surface area (Å²) in [6.45, 7) is 11.3. The molecule has 3 nitrogen and oxygen atoms in total. The third-order valence-electron chi connectivity index (χ3n) is 4.85. The van der Waals surface area contributed by atoms with Crippen LogP contribution < -0.4 is 10.0 Å². The zero-order valence-electron chi connectivity index (χ0n) is 13.7. The van der Waals surface area contributed by atoms with Crippen LogP contribution in [0.25, 0.3) is 0 Å². The average Bonchev–Trinajstić information content (AvgIpc) is 3.17. The van der Waals surface area contributed by atoms with Crippen LogP contribution in [0.4, 0.5) is 5.69 Å².